The van der Waals surface area contributed by atoms with E-state index in [4.69, 9.17) is 15.5 Å². The van der Waals surface area contributed by atoms with Gasteiger partial charge in [-0.3, -0.25) is 0 Å². The van der Waals surface area contributed by atoms with Crippen LogP contribution in [0.5, 0.6) is 0 Å². The predicted molar refractivity (Wildman–Crippen MR) is 65.0 cm³/mol. The highest BCUT2D eigenvalue weighted by Crippen LogP contribution is 2.02. The van der Waals surface area contributed by atoms with E-state index in [9.17, 15) is 9.59 Å². The maximum Gasteiger partial charge on any atom is 0.334 e. The van der Waals surface area contributed by atoms with Crippen LogP contribution in [0.4, 0.5) is 4.79 Å². The number of carboxylic acid groups (broad SMARTS) is 1. The van der Waals surface area contributed by atoms with Crippen molar-refractivity contribution in [2.75, 3.05) is 6.54 Å². The minimum Gasteiger partial charge on any atom is -0.479 e. The Labute approximate surface area is 109 Å². The molecule has 7 heteroatoms. The van der Waals surface area contributed by atoms with Crippen LogP contribution in [-0.4, -0.2) is 34.9 Å². The van der Waals surface area contributed by atoms with Crippen LogP contribution < -0.4 is 10.6 Å². The molecule has 100 valence electrons. The molecule has 4 N–H and O–H groups in total. The highest BCUT2D eigenvalue weighted by atomic mass is 16.4. The number of hydrogen-bond donors (Lipinski definition) is 4. The predicted octanol–water partition coefficient (Wildman–Crippen LogP) is -0.197. The van der Waals surface area contributed by atoms with E-state index in [0.717, 1.165) is 5.56 Å². The molecule has 0 aliphatic carbocycles. The zero-order valence-electron chi connectivity index (χ0n) is 9.96. The number of carboxylic acids is 1. The molecule has 1 aromatic rings. The van der Waals surface area contributed by atoms with Crippen molar-refractivity contribution in [3.63, 3.8) is 0 Å². The summed E-state index contributed by atoms with van der Waals surface area (Å²) in [6, 6.07) is 8.06. The van der Waals surface area contributed by atoms with Crippen molar-refractivity contribution in [1.29, 1.82) is 5.26 Å². The molecule has 0 saturated heterocycles. The molecule has 1 aromatic carbocycles. The number of hydrogen-bond acceptors (Lipinski definition) is 4. The monoisotopic (exact) mass is 263 g/mol. The summed E-state index contributed by atoms with van der Waals surface area (Å²) in [5.41, 5.74) is 1.32. The molecule has 0 spiro atoms. The fourth-order valence-electron chi connectivity index (χ4n) is 1.22. The lowest BCUT2D eigenvalue weighted by Gasteiger charge is -2.09. The number of carbonyl (C=O) groups excluding carboxylic acids is 1. The van der Waals surface area contributed by atoms with Gasteiger partial charge in [-0.15, -0.1) is 0 Å². The van der Waals surface area contributed by atoms with E-state index in [0.29, 0.717) is 5.56 Å². The number of aliphatic hydroxyl groups excluding tert-OH is 1. The zero-order chi connectivity index (χ0) is 14.3. The van der Waals surface area contributed by atoms with Gasteiger partial charge >= 0.3 is 12.0 Å². The van der Waals surface area contributed by atoms with Gasteiger partial charge in [-0.05, 0) is 17.7 Å². The van der Waals surface area contributed by atoms with Gasteiger partial charge in [0.1, 0.15) is 0 Å². The first-order valence-electron chi connectivity index (χ1n) is 5.44. The molecule has 0 heterocycles. The van der Waals surface area contributed by atoms with Crippen LogP contribution in [0.15, 0.2) is 24.3 Å². The minimum absolute atomic E-state index is 0.237. The lowest BCUT2D eigenvalue weighted by Crippen LogP contribution is -2.41. The quantitative estimate of drug-likeness (QED) is 0.586. The van der Waals surface area contributed by atoms with E-state index in [-0.39, 0.29) is 13.1 Å². The van der Waals surface area contributed by atoms with Gasteiger partial charge < -0.3 is 20.8 Å². The molecule has 0 fully saturated rings. The minimum atomic E-state index is -1.62. The van der Waals surface area contributed by atoms with E-state index in [1.165, 1.54) is 0 Å². The molecule has 0 aliphatic heterocycles. The van der Waals surface area contributed by atoms with E-state index >= 15 is 0 Å². The average molecular weight is 263 g/mol. The SMILES string of the molecule is N#Cc1ccc(CNC(=O)NCC(O)C(=O)O)cc1. The maximum atomic E-state index is 11.3. The van der Waals surface area contributed by atoms with Crippen molar-refractivity contribution in [2.45, 2.75) is 12.6 Å². The van der Waals surface area contributed by atoms with E-state index in [1.807, 2.05) is 6.07 Å². The zero-order valence-corrected chi connectivity index (χ0v) is 9.96. The lowest BCUT2D eigenvalue weighted by atomic mass is 10.1. The third-order valence-corrected chi connectivity index (χ3v) is 2.28. The second-order valence-electron chi connectivity index (χ2n) is 3.73. The standard InChI is InChI=1S/C12H13N3O4/c13-5-8-1-3-9(4-2-8)6-14-12(19)15-7-10(16)11(17)18/h1-4,10,16H,6-7H2,(H,17,18)(H2,14,15,19). The fraction of sp³-hybridized carbons (Fsp3) is 0.250. The van der Waals surface area contributed by atoms with Crippen LogP contribution in [0.3, 0.4) is 0 Å². The molecular formula is C12H13N3O4. The largest absolute Gasteiger partial charge is 0.479 e. The summed E-state index contributed by atoms with van der Waals surface area (Å²) in [6.45, 7) is -0.130. The van der Waals surface area contributed by atoms with Crippen LogP contribution in [-0.2, 0) is 11.3 Å². The molecule has 19 heavy (non-hydrogen) atoms. The number of amides is 2. The third-order valence-electron chi connectivity index (χ3n) is 2.28. The molecule has 7 nitrogen and oxygen atoms in total. The van der Waals surface area contributed by atoms with Crippen LogP contribution in [0.2, 0.25) is 0 Å². The second-order valence-corrected chi connectivity index (χ2v) is 3.73. The van der Waals surface area contributed by atoms with Crippen LogP contribution >= 0.6 is 0 Å². The molecule has 1 atom stereocenters. The number of urea groups is 1. The van der Waals surface area contributed by atoms with Gasteiger partial charge in [0, 0.05) is 6.54 Å². The number of nitriles is 1. The third kappa shape index (κ3) is 5.06. The lowest BCUT2D eigenvalue weighted by molar-refractivity contribution is -0.146. The molecular weight excluding hydrogens is 250 g/mol. The van der Waals surface area contributed by atoms with Crippen molar-refractivity contribution >= 4 is 12.0 Å². The molecule has 0 bridgehead atoms. The number of benzene rings is 1. The maximum absolute atomic E-state index is 11.3. The second kappa shape index (κ2) is 6.98. The summed E-state index contributed by atoms with van der Waals surface area (Å²) in [4.78, 5) is 21.6. The van der Waals surface area contributed by atoms with Gasteiger partial charge in [0.05, 0.1) is 18.2 Å². The molecule has 0 aliphatic rings. The summed E-state index contributed by atoms with van der Waals surface area (Å²) >= 11 is 0. The van der Waals surface area contributed by atoms with Crippen LogP contribution in [0.1, 0.15) is 11.1 Å². The average Bonchev–Trinajstić information content (AvgIpc) is 2.42. The summed E-state index contributed by atoms with van der Waals surface area (Å²) < 4.78 is 0. The van der Waals surface area contributed by atoms with Gasteiger partial charge in [-0.25, -0.2) is 9.59 Å². The Kier molecular flexibility index (Phi) is 5.32. The van der Waals surface area contributed by atoms with Crippen molar-refractivity contribution in [3.05, 3.63) is 35.4 Å². The van der Waals surface area contributed by atoms with Crippen LogP contribution in [0, 0.1) is 11.3 Å². The Morgan fingerprint density at radius 1 is 1.26 bits per heavy atom. The summed E-state index contributed by atoms with van der Waals surface area (Å²) in [5, 5.41) is 30.7. The molecule has 1 unspecified atom stereocenters. The number of aliphatic carboxylic acids is 1. The van der Waals surface area contributed by atoms with E-state index in [1.54, 1.807) is 24.3 Å². The Balaban J connectivity index is 2.33. The Morgan fingerprint density at radius 2 is 1.89 bits per heavy atom. The Hall–Kier alpha value is -2.59. The topological polar surface area (TPSA) is 122 Å². The van der Waals surface area contributed by atoms with Crippen molar-refractivity contribution in [2.24, 2.45) is 0 Å². The van der Waals surface area contributed by atoms with Gasteiger partial charge in [0.15, 0.2) is 6.10 Å². The van der Waals surface area contributed by atoms with Gasteiger partial charge in [0.25, 0.3) is 0 Å². The Bertz CT molecular complexity index is 493. The number of nitrogens with one attached hydrogen (secondary N) is 2. The van der Waals surface area contributed by atoms with Gasteiger partial charge in [-0.2, -0.15) is 5.26 Å². The first-order valence-corrected chi connectivity index (χ1v) is 5.44. The molecule has 2 amide bonds. The molecule has 1 rings (SSSR count). The van der Waals surface area contributed by atoms with Crippen molar-refractivity contribution < 1.29 is 19.8 Å². The number of aliphatic hydroxyl groups is 1. The number of rotatable bonds is 5. The first kappa shape index (κ1) is 14.5. The number of nitrogens with zero attached hydrogens (tertiary/aromatic N) is 1. The summed E-state index contributed by atoms with van der Waals surface area (Å²) in [7, 11) is 0. The van der Waals surface area contributed by atoms with Crippen molar-refractivity contribution in [3.8, 4) is 6.07 Å². The summed E-state index contributed by atoms with van der Waals surface area (Å²) in [5.74, 6) is -1.40. The normalized spacial score (nSPS) is 11.2. The van der Waals surface area contributed by atoms with E-state index < -0.39 is 18.1 Å². The summed E-state index contributed by atoms with van der Waals surface area (Å²) in [6.07, 6.45) is -1.62. The van der Waals surface area contributed by atoms with Crippen molar-refractivity contribution in [1.82, 2.24) is 10.6 Å². The van der Waals surface area contributed by atoms with Crippen LogP contribution in [0.25, 0.3) is 0 Å². The molecule has 0 saturated carbocycles. The van der Waals surface area contributed by atoms with Gasteiger partial charge in [0.2, 0.25) is 0 Å². The molecule has 0 aromatic heterocycles. The highest BCUT2D eigenvalue weighted by Gasteiger charge is 2.13. The highest BCUT2D eigenvalue weighted by molar-refractivity contribution is 5.76. The molecule has 0 radical (unpaired) electrons. The number of carbonyl (C=O) groups is 2. The first-order chi connectivity index (χ1) is 9.02. The Morgan fingerprint density at radius 3 is 2.42 bits per heavy atom. The fourth-order valence-corrected chi connectivity index (χ4v) is 1.22. The van der Waals surface area contributed by atoms with E-state index in [2.05, 4.69) is 10.6 Å². The van der Waals surface area contributed by atoms with Gasteiger partial charge in [-0.1, -0.05) is 12.1 Å². The smallest absolute Gasteiger partial charge is 0.334 e.